The second-order valence-electron chi connectivity index (χ2n) is 3.22. The normalized spacial score (nSPS) is 19.2. The Balaban J connectivity index is 2.16. The van der Waals surface area contributed by atoms with Crippen LogP contribution in [0.1, 0.15) is 19.3 Å². The van der Waals surface area contributed by atoms with Crippen molar-refractivity contribution in [3.63, 3.8) is 0 Å². The molecule has 0 saturated carbocycles. The summed E-state index contributed by atoms with van der Waals surface area (Å²) in [6, 6.07) is 0. The van der Waals surface area contributed by atoms with Gasteiger partial charge < -0.3 is 4.74 Å². The third-order valence-corrected chi connectivity index (χ3v) is 3.31. The summed E-state index contributed by atoms with van der Waals surface area (Å²) in [5.41, 5.74) is 0. The van der Waals surface area contributed by atoms with Crippen molar-refractivity contribution in [3.05, 3.63) is 12.2 Å². The van der Waals surface area contributed by atoms with Gasteiger partial charge in [0.15, 0.2) is 0 Å². The molecule has 3 heteroatoms. The molecule has 2 nitrogen and oxygen atoms in total. The van der Waals surface area contributed by atoms with Crippen LogP contribution in [0.5, 0.6) is 0 Å². The summed E-state index contributed by atoms with van der Waals surface area (Å²) in [5.74, 6) is 3.08. The molecule has 1 aliphatic rings. The SMILES string of the molecule is COC(=O)/C=C\CC1CCSCC1. The van der Waals surface area contributed by atoms with E-state index in [0.717, 1.165) is 12.3 Å². The number of allylic oxidation sites excluding steroid dienone is 1. The van der Waals surface area contributed by atoms with Gasteiger partial charge in [-0.05, 0) is 36.7 Å². The molecular weight excluding hydrogens is 184 g/mol. The number of hydrogen-bond donors (Lipinski definition) is 0. The predicted molar refractivity (Wildman–Crippen MR) is 55.8 cm³/mol. The number of ether oxygens (including phenoxy) is 1. The van der Waals surface area contributed by atoms with Crippen molar-refractivity contribution in [3.8, 4) is 0 Å². The van der Waals surface area contributed by atoms with Gasteiger partial charge in [-0.1, -0.05) is 6.08 Å². The molecule has 0 bridgehead atoms. The fraction of sp³-hybridized carbons (Fsp3) is 0.700. The van der Waals surface area contributed by atoms with E-state index in [-0.39, 0.29) is 5.97 Å². The summed E-state index contributed by atoms with van der Waals surface area (Å²) in [6.45, 7) is 0. The average molecular weight is 200 g/mol. The van der Waals surface area contributed by atoms with E-state index >= 15 is 0 Å². The molecule has 0 atom stereocenters. The van der Waals surface area contributed by atoms with E-state index < -0.39 is 0 Å². The van der Waals surface area contributed by atoms with Crippen LogP contribution in [0.15, 0.2) is 12.2 Å². The Labute approximate surface area is 83.7 Å². The van der Waals surface area contributed by atoms with Crippen LogP contribution in [0.25, 0.3) is 0 Å². The maximum absolute atomic E-state index is 10.7. The van der Waals surface area contributed by atoms with E-state index in [2.05, 4.69) is 4.74 Å². The average Bonchev–Trinajstić information content (AvgIpc) is 2.19. The van der Waals surface area contributed by atoms with Crippen molar-refractivity contribution < 1.29 is 9.53 Å². The van der Waals surface area contributed by atoms with Gasteiger partial charge in [-0.3, -0.25) is 0 Å². The molecule has 1 fully saturated rings. The Hall–Kier alpha value is -0.440. The highest BCUT2D eigenvalue weighted by Crippen LogP contribution is 2.25. The zero-order chi connectivity index (χ0) is 9.52. The van der Waals surface area contributed by atoms with Crippen LogP contribution < -0.4 is 0 Å². The second kappa shape index (κ2) is 6.08. The van der Waals surface area contributed by atoms with E-state index in [4.69, 9.17) is 0 Å². The predicted octanol–water partition coefficient (Wildman–Crippen LogP) is 2.25. The van der Waals surface area contributed by atoms with E-state index in [1.807, 2.05) is 17.8 Å². The number of carbonyl (C=O) groups is 1. The van der Waals surface area contributed by atoms with Gasteiger partial charge >= 0.3 is 5.97 Å². The highest BCUT2D eigenvalue weighted by atomic mass is 32.2. The van der Waals surface area contributed by atoms with Crippen LogP contribution in [-0.4, -0.2) is 24.6 Å². The van der Waals surface area contributed by atoms with Gasteiger partial charge in [-0.2, -0.15) is 11.8 Å². The first kappa shape index (κ1) is 10.6. The first-order valence-corrected chi connectivity index (χ1v) is 5.80. The van der Waals surface area contributed by atoms with Gasteiger partial charge in [0, 0.05) is 6.08 Å². The monoisotopic (exact) mass is 200 g/mol. The summed E-state index contributed by atoms with van der Waals surface area (Å²) in [5, 5.41) is 0. The molecule has 0 amide bonds. The van der Waals surface area contributed by atoms with Crippen molar-refractivity contribution in [2.75, 3.05) is 18.6 Å². The minimum absolute atomic E-state index is 0.245. The van der Waals surface area contributed by atoms with E-state index in [9.17, 15) is 4.79 Å². The van der Waals surface area contributed by atoms with E-state index in [0.29, 0.717) is 0 Å². The Morgan fingerprint density at radius 2 is 2.23 bits per heavy atom. The van der Waals surface area contributed by atoms with Crippen molar-refractivity contribution in [2.24, 2.45) is 5.92 Å². The molecule has 0 aromatic rings. The first-order chi connectivity index (χ1) is 6.33. The fourth-order valence-corrected chi connectivity index (χ4v) is 2.61. The molecule has 74 valence electrons. The number of rotatable bonds is 3. The third kappa shape index (κ3) is 4.36. The molecule has 0 aliphatic carbocycles. The Morgan fingerprint density at radius 3 is 2.85 bits per heavy atom. The molecule has 1 heterocycles. The molecule has 1 rings (SSSR count). The maximum Gasteiger partial charge on any atom is 0.330 e. The molecule has 0 N–H and O–H groups in total. The number of methoxy groups -OCH3 is 1. The summed E-state index contributed by atoms with van der Waals surface area (Å²) in [6.07, 6.45) is 7.07. The molecule has 0 spiro atoms. The summed E-state index contributed by atoms with van der Waals surface area (Å²) < 4.78 is 4.51. The van der Waals surface area contributed by atoms with E-state index in [1.54, 1.807) is 0 Å². The molecule has 13 heavy (non-hydrogen) atoms. The van der Waals surface area contributed by atoms with Crippen LogP contribution >= 0.6 is 11.8 Å². The number of hydrogen-bond acceptors (Lipinski definition) is 3. The lowest BCUT2D eigenvalue weighted by Crippen LogP contribution is -2.08. The highest BCUT2D eigenvalue weighted by molar-refractivity contribution is 7.99. The Morgan fingerprint density at radius 1 is 1.54 bits per heavy atom. The van der Waals surface area contributed by atoms with Crippen LogP contribution in [0.3, 0.4) is 0 Å². The molecular formula is C10H16O2S. The van der Waals surface area contributed by atoms with Crippen molar-refractivity contribution in [1.82, 2.24) is 0 Å². The van der Waals surface area contributed by atoms with Crippen molar-refractivity contribution in [1.29, 1.82) is 0 Å². The zero-order valence-electron chi connectivity index (χ0n) is 7.99. The van der Waals surface area contributed by atoms with Crippen LogP contribution in [-0.2, 0) is 9.53 Å². The molecule has 0 radical (unpaired) electrons. The van der Waals surface area contributed by atoms with Crippen LogP contribution in [0, 0.1) is 5.92 Å². The summed E-state index contributed by atoms with van der Waals surface area (Å²) in [7, 11) is 1.41. The van der Waals surface area contributed by atoms with Gasteiger partial charge in [0.25, 0.3) is 0 Å². The van der Waals surface area contributed by atoms with Crippen molar-refractivity contribution in [2.45, 2.75) is 19.3 Å². The quantitative estimate of drug-likeness (QED) is 0.516. The summed E-state index contributed by atoms with van der Waals surface area (Å²) in [4.78, 5) is 10.7. The molecule has 0 unspecified atom stereocenters. The van der Waals surface area contributed by atoms with E-state index in [1.165, 1.54) is 37.5 Å². The topological polar surface area (TPSA) is 26.3 Å². The Bertz CT molecular complexity index is 183. The van der Waals surface area contributed by atoms with Gasteiger partial charge in [-0.15, -0.1) is 0 Å². The fourth-order valence-electron chi connectivity index (χ4n) is 1.41. The molecule has 0 aromatic carbocycles. The van der Waals surface area contributed by atoms with Gasteiger partial charge in [0.05, 0.1) is 7.11 Å². The number of carbonyl (C=O) groups excluding carboxylic acids is 1. The minimum Gasteiger partial charge on any atom is -0.466 e. The zero-order valence-corrected chi connectivity index (χ0v) is 8.81. The molecule has 1 aliphatic heterocycles. The molecule has 0 aromatic heterocycles. The van der Waals surface area contributed by atoms with Gasteiger partial charge in [0.2, 0.25) is 0 Å². The van der Waals surface area contributed by atoms with Gasteiger partial charge in [0.1, 0.15) is 0 Å². The number of esters is 1. The summed E-state index contributed by atoms with van der Waals surface area (Å²) >= 11 is 2.03. The second-order valence-corrected chi connectivity index (χ2v) is 4.44. The first-order valence-electron chi connectivity index (χ1n) is 4.65. The lowest BCUT2D eigenvalue weighted by atomic mass is 9.99. The Kier molecular flexibility index (Phi) is 4.98. The van der Waals surface area contributed by atoms with Crippen LogP contribution in [0.2, 0.25) is 0 Å². The smallest absolute Gasteiger partial charge is 0.330 e. The lowest BCUT2D eigenvalue weighted by molar-refractivity contribution is -0.134. The minimum atomic E-state index is -0.245. The van der Waals surface area contributed by atoms with Gasteiger partial charge in [-0.25, -0.2) is 4.79 Å². The third-order valence-electron chi connectivity index (χ3n) is 2.27. The largest absolute Gasteiger partial charge is 0.466 e. The molecule has 1 saturated heterocycles. The standard InChI is InChI=1S/C10H16O2S/c1-12-10(11)4-2-3-9-5-7-13-8-6-9/h2,4,9H,3,5-8H2,1H3/b4-2-. The highest BCUT2D eigenvalue weighted by Gasteiger charge is 2.11. The maximum atomic E-state index is 10.7. The van der Waals surface area contributed by atoms with Crippen molar-refractivity contribution >= 4 is 17.7 Å². The lowest BCUT2D eigenvalue weighted by Gasteiger charge is -2.19. The van der Waals surface area contributed by atoms with Crippen LogP contribution in [0.4, 0.5) is 0 Å². The number of thioether (sulfide) groups is 1.